The Hall–Kier alpha value is -2.39. The summed E-state index contributed by atoms with van der Waals surface area (Å²) in [4.78, 5) is 18.5. The summed E-state index contributed by atoms with van der Waals surface area (Å²) in [6, 6.07) is 14.7. The molecule has 1 heterocycles. The van der Waals surface area contributed by atoms with E-state index in [1.807, 2.05) is 30.3 Å². The van der Waals surface area contributed by atoms with Gasteiger partial charge in [0.25, 0.3) is 5.56 Å². The zero-order chi connectivity index (χ0) is 27.5. The highest BCUT2D eigenvalue weighted by Gasteiger charge is 2.23. The number of benzene rings is 3. The molecule has 0 amide bonds. The molecule has 5 rings (SSSR count). The van der Waals surface area contributed by atoms with Crippen LogP contribution in [0.4, 0.5) is 0 Å². The van der Waals surface area contributed by atoms with E-state index >= 15 is 0 Å². The molecule has 1 saturated carbocycles. The second-order valence-corrected chi connectivity index (χ2v) is 11.8. The van der Waals surface area contributed by atoms with E-state index in [-0.39, 0.29) is 18.1 Å². The summed E-state index contributed by atoms with van der Waals surface area (Å²) in [5.41, 5.74) is 1.90. The minimum absolute atomic E-state index is 0.166. The first-order chi connectivity index (χ1) is 18.9. The van der Waals surface area contributed by atoms with Gasteiger partial charge in [-0.25, -0.2) is 4.98 Å². The van der Waals surface area contributed by atoms with Crippen LogP contribution < -0.4 is 15.0 Å². The maximum absolute atomic E-state index is 13.6. The van der Waals surface area contributed by atoms with Gasteiger partial charge in [-0.1, -0.05) is 76.6 Å². The van der Waals surface area contributed by atoms with Crippen molar-refractivity contribution >= 4 is 72.2 Å². The van der Waals surface area contributed by atoms with Crippen LogP contribution in [-0.2, 0) is 6.61 Å². The maximum Gasteiger partial charge on any atom is 0.282 e. The summed E-state index contributed by atoms with van der Waals surface area (Å²) < 4.78 is 14.4. The third kappa shape index (κ3) is 6.04. The number of fused-ring (bicyclic) bond motifs is 1. The lowest BCUT2D eigenvalue weighted by atomic mass is 9.88. The van der Waals surface area contributed by atoms with Gasteiger partial charge in [-0.05, 0) is 59.1 Å². The third-order valence-electron chi connectivity index (χ3n) is 6.82. The van der Waals surface area contributed by atoms with Gasteiger partial charge in [0, 0.05) is 31.0 Å². The fraction of sp³-hybridized carbons (Fsp3) is 0.276. The predicted octanol–water partition coefficient (Wildman–Crippen LogP) is 8.75. The standard InChI is InChI=1S/C29H25Br2Cl2N3O3/c1-38-24-13-19(25(31)26(33)27(24)39-16-18-9-5-6-10-22(18)32)15-34-36-28(17-7-3-2-4-8-17)35-23-12-11-20(30)14-21(23)29(36)37/h5-6,9-15,17H,2-4,7-8,16H2,1H3. The Bertz CT molecular complexity index is 1620. The largest absolute Gasteiger partial charge is 0.493 e. The molecule has 0 unspecified atom stereocenters. The van der Waals surface area contributed by atoms with Crippen molar-refractivity contribution in [3.05, 3.63) is 94.8 Å². The van der Waals surface area contributed by atoms with E-state index in [2.05, 4.69) is 37.0 Å². The monoisotopic (exact) mass is 691 g/mol. The molecule has 0 spiro atoms. The maximum atomic E-state index is 13.6. The first-order valence-corrected chi connectivity index (χ1v) is 14.9. The number of aromatic nitrogens is 2. The van der Waals surface area contributed by atoms with Crippen molar-refractivity contribution in [2.45, 2.75) is 44.6 Å². The Morgan fingerprint density at radius 1 is 1.10 bits per heavy atom. The number of hydrogen-bond acceptors (Lipinski definition) is 5. The van der Waals surface area contributed by atoms with Crippen molar-refractivity contribution in [2.75, 3.05) is 7.11 Å². The van der Waals surface area contributed by atoms with Crippen LogP contribution in [0.5, 0.6) is 11.5 Å². The molecular weight excluding hydrogens is 669 g/mol. The molecule has 202 valence electrons. The second kappa shape index (κ2) is 12.4. The van der Waals surface area contributed by atoms with Gasteiger partial charge in [-0.15, -0.1) is 0 Å². The molecule has 6 nitrogen and oxygen atoms in total. The van der Waals surface area contributed by atoms with Crippen molar-refractivity contribution < 1.29 is 9.47 Å². The van der Waals surface area contributed by atoms with Gasteiger partial charge in [0.05, 0.1) is 24.2 Å². The van der Waals surface area contributed by atoms with E-state index in [1.165, 1.54) is 11.1 Å². The predicted molar refractivity (Wildman–Crippen MR) is 164 cm³/mol. The number of ether oxygens (including phenoxy) is 2. The number of methoxy groups -OCH3 is 1. The summed E-state index contributed by atoms with van der Waals surface area (Å²) in [5, 5.41) is 6.07. The third-order valence-corrected chi connectivity index (χ3v) is 9.13. The van der Waals surface area contributed by atoms with Crippen LogP contribution in [0.3, 0.4) is 0 Å². The molecule has 39 heavy (non-hydrogen) atoms. The minimum Gasteiger partial charge on any atom is -0.493 e. The smallest absolute Gasteiger partial charge is 0.282 e. The Kier molecular flexibility index (Phi) is 8.96. The molecule has 0 atom stereocenters. The molecule has 0 saturated heterocycles. The van der Waals surface area contributed by atoms with Crippen LogP contribution in [0.25, 0.3) is 10.9 Å². The van der Waals surface area contributed by atoms with Crippen molar-refractivity contribution in [3.63, 3.8) is 0 Å². The zero-order valence-corrected chi connectivity index (χ0v) is 25.8. The average Bonchev–Trinajstić information content (AvgIpc) is 2.95. The van der Waals surface area contributed by atoms with Gasteiger partial charge in [0.1, 0.15) is 17.5 Å². The highest BCUT2D eigenvalue weighted by Crippen LogP contribution is 2.42. The van der Waals surface area contributed by atoms with Gasteiger partial charge in [0.15, 0.2) is 11.5 Å². The number of halogens is 4. The van der Waals surface area contributed by atoms with E-state index < -0.39 is 0 Å². The van der Waals surface area contributed by atoms with Gasteiger partial charge >= 0.3 is 0 Å². The van der Waals surface area contributed by atoms with Crippen LogP contribution in [0.2, 0.25) is 10.0 Å². The van der Waals surface area contributed by atoms with Gasteiger partial charge in [-0.3, -0.25) is 4.79 Å². The van der Waals surface area contributed by atoms with Crippen LogP contribution in [0, 0.1) is 0 Å². The minimum atomic E-state index is -0.216. The molecule has 0 bridgehead atoms. The SMILES string of the molecule is COc1cc(C=Nn2c(C3CCCCC3)nc3ccc(Br)cc3c2=O)c(Br)c(Cl)c1OCc1ccccc1Cl. The highest BCUT2D eigenvalue weighted by molar-refractivity contribution is 9.10. The zero-order valence-electron chi connectivity index (χ0n) is 21.1. The first kappa shape index (κ1) is 28.1. The van der Waals surface area contributed by atoms with Crippen LogP contribution in [0.1, 0.15) is 55.0 Å². The number of rotatable bonds is 7. The van der Waals surface area contributed by atoms with E-state index in [9.17, 15) is 4.79 Å². The Labute approximate surface area is 253 Å². The van der Waals surface area contributed by atoms with E-state index in [0.717, 1.165) is 35.7 Å². The lowest BCUT2D eigenvalue weighted by Gasteiger charge is -2.22. The molecule has 1 aliphatic carbocycles. The fourth-order valence-corrected chi connectivity index (χ4v) is 5.98. The van der Waals surface area contributed by atoms with Crippen LogP contribution >= 0.6 is 55.1 Å². The normalized spacial score (nSPS) is 14.3. The van der Waals surface area contributed by atoms with E-state index in [0.29, 0.717) is 48.3 Å². The molecular formula is C29H25Br2Cl2N3O3. The topological polar surface area (TPSA) is 65.7 Å². The van der Waals surface area contributed by atoms with Gasteiger partial charge in [-0.2, -0.15) is 9.78 Å². The van der Waals surface area contributed by atoms with Gasteiger partial charge < -0.3 is 9.47 Å². The Morgan fingerprint density at radius 3 is 2.62 bits per heavy atom. The number of nitrogens with zero attached hydrogens (tertiary/aromatic N) is 3. The van der Waals surface area contributed by atoms with Crippen molar-refractivity contribution in [3.8, 4) is 11.5 Å². The molecule has 1 aliphatic rings. The summed E-state index contributed by atoms with van der Waals surface area (Å²) in [7, 11) is 1.54. The first-order valence-electron chi connectivity index (χ1n) is 12.6. The summed E-state index contributed by atoms with van der Waals surface area (Å²) in [6.07, 6.45) is 6.96. The lowest BCUT2D eigenvalue weighted by Crippen LogP contribution is -2.25. The van der Waals surface area contributed by atoms with Crippen LogP contribution in [0.15, 0.2) is 67.4 Å². The highest BCUT2D eigenvalue weighted by atomic mass is 79.9. The second-order valence-electron chi connectivity index (χ2n) is 9.33. The molecule has 0 aliphatic heterocycles. The van der Waals surface area contributed by atoms with Gasteiger partial charge in [0.2, 0.25) is 0 Å². The molecule has 3 aromatic carbocycles. The summed E-state index contributed by atoms with van der Waals surface area (Å²) in [5.74, 6) is 1.65. The Balaban J connectivity index is 1.54. The molecule has 0 N–H and O–H groups in total. The van der Waals surface area contributed by atoms with E-state index in [4.69, 9.17) is 37.7 Å². The quantitative estimate of drug-likeness (QED) is 0.182. The lowest BCUT2D eigenvalue weighted by molar-refractivity contribution is 0.284. The summed E-state index contributed by atoms with van der Waals surface area (Å²) >= 11 is 20.0. The molecule has 4 aromatic rings. The Morgan fingerprint density at radius 2 is 1.87 bits per heavy atom. The van der Waals surface area contributed by atoms with Crippen molar-refractivity contribution in [1.82, 2.24) is 9.66 Å². The molecule has 1 aromatic heterocycles. The summed E-state index contributed by atoms with van der Waals surface area (Å²) in [6.45, 7) is 0.216. The van der Waals surface area contributed by atoms with Crippen LogP contribution in [-0.4, -0.2) is 23.0 Å². The average molecular weight is 694 g/mol. The molecule has 10 heteroatoms. The molecule has 0 radical (unpaired) electrons. The van der Waals surface area contributed by atoms with Crippen molar-refractivity contribution in [1.29, 1.82) is 0 Å². The fourth-order valence-electron chi connectivity index (χ4n) is 4.77. The number of hydrogen-bond donors (Lipinski definition) is 0. The molecule has 1 fully saturated rings. The van der Waals surface area contributed by atoms with Crippen molar-refractivity contribution in [2.24, 2.45) is 5.10 Å². The van der Waals surface area contributed by atoms with E-state index in [1.54, 1.807) is 31.5 Å².